The molecule has 1 aliphatic rings. The number of oxazole rings is 1. The summed E-state index contributed by atoms with van der Waals surface area (Å²) in [4.78, 5) is 20.9. The summed E-state index contributed by atoms with van der Waals surface area (Å²) in [6.07, 6.45) is 1.44. The lowest BCUT2D eigenvalue weighted by molar-refractivity contribution is -0.123. The van der Waals surface area contributed by atoms with Crippen LogP contribution in [0.1, 0.15) is 30.0 Å². The first-order valence-electron chi connectivity index (χ1n) is 10.4. The van der Waals surface area contributed by atoms with Crippen LogP contribution in [0.3, 0.4) is 0 Å². The van der Waals surface area contributed by atoms with E-state index in [0.717, 1.165) is 22.9 Å². The van der Waals surface area contributed by atoms with Crippen molar-refractivity contribution in [3.05, 3.63) is 76.5 Å². The third-order valence-electron chi connectivity index (χ3n) is 5.34. The van der Waals surface area contributed by atoms with Gasteiger partial charge >= 0.3 is 0 Å². The fourth-order valence-corrected chi connectivity index (χ4v) is 6.23. The molecule has 0 N–H and O–H groups in total. The van der Waals surface area contributed by atoms with Crippen molar-refractivity contribution in [2.45, 2.75) is 29.8 Å². The maximum absolute atomic E-state index is 13.3. The van der Waals surface area contributed by atoms with E-state index in [1.165, 1.54) is 23.1 Å². The molecule has 2 heterocycles. The van der Waals surface area contributed by atoms with E-state index in [9.17, 15) is 13.2 Å². The molecule has 1 aromatic heterocycles. The Hall–Kier alpha value is -2.95. The molecule has 2 aromatic carbocycles. The summed E-state index contributed by atoms with van der Waals surface area (Å²) >= 11 is 6.60. The van der Waals surface area contributed by atoms with Gasteiger partial charge in [-0.2, -0.15) is 4.98 Å². The molecule has 0 spiro atoms. The average Bonchev–Trinajstić information content (AvgIpc) is 3.36. The van der Waals surface area contributed by atoms with Crippen molar-refractivity contribution >= 4 is 56.0 Å². The molecule has 1 saturated heterocycles. The second-order valence-corrected chi connectivity index (χ2v) is 11.6. The second-order valence-electron chi connectivity index (χ2n) is 8.01. The zero-order valence-corrected chi connectivity index (χ0v) is 21.5. The van der Waals surface area contributed by atoms with Crippen molar-refractivity contribution in [3.63, 3.8) is 0 Å². The average molecular weight is 514 g/mol. The largest absolute Gasteiger partial charge is 0.420 e. The maximum Gasteiger partial charge on any atom is 0.266 e. The van der Waals surface area contributed by atoms with Crippen LogP contribution in [0.5, 0.6) is 0 Å². The number of sulfone groups is 1. The normalized spacial score (nSPS) is 16.4. The van der Waals surface area contributed by atoms with Gasteiger partial charge < -0.3 is 9.32 Å². The van der Waals surface area contributed by atoms with Gasteiger partial charge in [-0.25, -0.2) is 8.42 Å². The lowest BCUT2D eigenvalue weighted by Gasteiger charge is -2.23. The zero-order chi connectivity index (χ0) is 24.6. The Morgan fingerprint density at radius 1 is 1.12 bits per heavy atom. The Labute approximate surface area is 208 Å². The van der Waals surface area contributed by atoms with Crippen molar-refractivity contribution < 1.29 is 17.6 Å². The Morgan fingerprint density at radius 3 is 2.38 bits per heavy atom. The van der Waals surface area contributed by atoms with Gasteiger partial charge in [-0.3, -0.25) is 9.69 Å². The van der Waals surface area contributed by atoms with Crippen molar-refractivity contribution in [1.29, 1.82) is 0 Å². The van der Waals surface area contributed by atoms with E-state index in [4.69, 9.17) is 16.6 Å². The van der Waals surface area contributed by atoms with Crippen LogP contribution in [0.2, 0.25) is 0 Å². The molecule has 34 heavy (non-hydrogen) atoms. The van der Waals surface area contributed by atoms with Gasteiger partial charge in [0, 0.05) is 20.2 Å². The number of aryl methyl sites for hydroxylation is 1. The van der Waals surface area contributed by atoms with Crippen LogP contribution < -0.4 is 4.90 Å². The van der Waals surface area contributed by atoms with Crippen molar-refractivity contribution in [2.75, 3.05) is 19.0 Å². The molecule has 0 radical (unpaired) electrons. The number of carbonyl (C=O) groups is 1. The molecule has 1 atom stereocenters. The summed E-state index contributed by atoms with van der Waals surface area (Å²) in [6.45, 7) is 3.79. The standard InChI is InChI=1S/C24H23N3O4S3/c1-15-10-12-18(13-11-15)34(29,30)21-23(26(3)4)31-20(25-21)14-19-22(28)27(24(32)33-19)16(2)17-8-6-5-7-9-17/h5-14,16H,1-4H3. The molecule has 7 nitrogen and oxygen atoms in total. The van der Waals surface area contributed by atoms with Crippen molar-refractivity contribution in [3.8, 4) is 0 Å². The van der Waals surface area contributed by atoms with E-state index >= 15 is 0 Å². The third kappa shape index (κ3) is 4.53. The first-order chi connectivity index (χ1) is 16.1. The minimum Gasteiger partial charge on any atom is -0.420 e. The SMILES string of the molecule is Cc1ccc(S(=O)(=O)c2nc(C=C3SC(=S)N(C(C)c4ccccc4)C3=O)oc2N(C)C)cc1. The van der Waals surface area contributed by atoms with E-state index in [-0.39, 0.29) is 33.6 Å². The minimum atomic E-state index is -3.93. The molecule has 0 saturated carbocycles. The molecular formula is C24H23N3O4S3. The lowest BCUT2D eigenvalue weighted by Crippen LogP contribution is -2.30. The molecule has 3 aromatic rings. The highest BCUT2D eigenvalue weighted by molar-refractivity contribution is 8.26. The number of nitrogens with zero attached hydrogens (tertiary/aromatic N) is 3. The molecule has 1 aliphatic heterocycles. The molecule has 0 aliphatic carbocycles. The van der Waals surface area contributed by atoms with Crippen LogP contribution >= 0.6 is 24.0 Å². The van der Waals surface area contributed by atoms with Gasteiger partial charge in [0.2, 0.25) is 26.6 Å². The molecular weight excluding hydrogens is 490 g/mol. The fraction of sp³-hybridized carbons (Fsp3) is 0.208. The quantitative estimate of drug-likeness (QED) is 0.342. The minimum absolute atomic E-state index is 0.0160. The molecule has 0 bridgehead atoms. The number of aromatic nitrogens is 1. The first-order valence-corrected chi connectivity index (χ1v) is 13.1. The molecule has 10 heteroatoms. The zero-order valence-electron chi connectivity index (χ0n) is 19.1. The maximum atomic E-state index is 13.3. The Morgan fingerprint density at radius 2 is 1.76 bits per heavy atom. The van der Waals surface area contributed by atoms with E-state index in [0.29, 0.717) is 9.23 Å². The van der Waals surface area contributed by atoms with Crippen LogP contribution in [-0.4, -0.2) is 42.6 Å². The number of hydrogen-bond acceptors (Lipinski definition) is 8. The number of anilines is 1. The number of rotatable bonds is 6. The Kier molecular flexibility index (Phi) is 6.66. The number of benzene rings is 2. The Bertz CT molecular complexity index is 1380. The van der Waals surface area contributed by atoms with Crippen molar-refractivity contribution in [2.24, 2.45) is 0 Å². The monoisotopic (exact) mass is 513 g/mol. The highest BCUT2D eigenvalue weighted by Gasteiger charge is 2.37. The van der Waals surface area contributed by atoms with Gasteiger partial charge in [0.15, 0.2) is 0 Å². The second kappa shape index (κ2) is 9.36. The predicted molar refractivity (Wildman–Crippen MR) is 137 cm³/mol. The molecule has 176 valence electrons. The number of amides is 1. The van der Waals surface area contributed by atoms with E-state index in [1.807, 2.05) is 44.2 Å². The van der Waals surface area contributed by atoms with Crippen LogP contribution in [-0.2, 0) is 14.6 Å². The Balaban J connectivity index is 1.69. The van der Waals surface area contributed by atoms with Gasteiger partial charge in [0.1, 0.15) is 4.32 Å². The number of thioether (sulfide) groups is 1. The highest BCUT2D eigenvalue weighted by atomic mass is 32.2. The summed E-state index contributed by atoms with van der Waals surface area (Å²) in [5.41, 5.74) is 1.90. The van der Waals surface area contributed by atoms with Gasteiger partial charge in [0.25, 0.3) is 5.91 Å². The summed E-state index contributed by atoms with van der Waals surface area (Å²) < 4.78 is 32.7. The highest BCUT2D eigenvalue weighted by Crippen LogP contribution is 2.39. The van der Waals surface area contributed by atoms with Crippen molar-refractivity contribution in [1.82, 2.24) is 9.88 Å². The van der Waals surface area contributed by atoms with Gasteiger partial charge in [-0.05, 0) is 31.5 Å². The van der Waals surface area contributed by atoms with Gasteiger partial charge in [0.05, 0.1) is 15.8 Å². The topological polar surface area (TPSA) is 83.7 Å². The summed E-state index contributed by atoms with van der Waals surface area (Å²) in [7, 11) is -0.600. The lowest BCUT2D eigenvalue weighted by atomic mass is 10.1. The van der Waals surface area contributed by atoms with Crippen LogP contribution in [0.25, 0.3) is 6.08 Å². The van der Waals surface area contributed by atoms with Crippen LogP contribution in [0, 0.1) is 6.92 Å². The predicted octanol–water partition coefficient (Wildman–Crippen LogP) is 4.84. The van der Waals surface area contributed by atoms with E-state index in [1.54, 1.807) is 31.1 Å². The summed E-state index contributed by atoms with van der Waals surface area (Å²) in [6, 6.07) is 15.9. The smallest absolute Gasteiger partial charge is 0.266 e. The van der Waals surface area contributed by atoms with E-state index < -0.39 is 9.84 Å². The molecule has 4 rings (SSSR count). The fourth-order valence-electron chi connectivity index (χ4n) is 3.47. The number of thiocarbonyl (C=S) groups is 1. The number of carbonyl (C=O) groups excluding carboxylic acids is 1. The van der Waals surface area contributed by atoms with Crippen LogP contribution in [0.4, 0.5) is 5.88 Å². The molecule has 1 amide bonds. The van der Waals surface area contributed by atoms with Gasteiger partial charge in [-0.1, -0.05) is 72.0 Å². The third-order valence-corrected chi connectivity index (χ3v) is 8.33. The van der Waals surface area contributed by atoms with Crippen LogP contribution in [0.15, 0.2) is 73.8 Å². The van der Waals surface area contributed by atoms with E-state index in [2.05, 4.69) is 4.98 Å². The number of hydrogen-bond donors (Lipinski definition) is 0. The summed E-state index contributed by atoms with van der Waals surface area (Å²) in [5, 5.41) is -0.208. The first kappa shape index (κ1) is 24.2. The molecule has 1 unspecified atom stereocenters. The molecule has 1 fully saturated rings. The van der Waals surface area contributed by atoms with Gasteiger partial charge in [-0.15, -0.1) is 0 Å². The summed E-state index contributed by atoms with van der Waals surface area (Å²) in [5.74, 6) is -0.180.